The van der Waals surface area contributed by atoms with E-state index in [1.54, 1.807) is 23.1 Å². The van der Waals surface area contributed by atoms with Crippen LogP contribution in [0.2, 0.25) is 0 Å². The topological polar surface area (TPSA) is 67.6 Å². The average molecular weight is 288 g/mol. The number of amides is 1. The van der Waals surface area contributed by atoms with Gasteiger partial charge in [-0.15, -0.1) is 0 Å². The zero-order chi connectivity index (χ0) is 14.8. The molecule has 6 nitrogen and oxygen atoms in total. The molecule has 0 aliphatic carbocycles. The fourth-order valence-electron chi connectivity index (χ4n) is 2.70. The average Bonchev–Trinajstić information content (AvgIpc) is 3.08. The summed E-state index contributed by atoms with van der Waals surface area (Å²) in [7, 11) is 1.84. The first kappa shape index (κ1) is 13.8. The molecule has 2 N–H and O–H groups in total. The summed E-state index contributed by atoms with van der Waals surface area (Å²) in [5.74, 6) is 1.01. The largest absolute Gasteiger partial charge is 0.468 e. The summed E-state index contributed by atoms with van der Waals surface area (Å²) >= 11 is 0. The van der Waals surface area contributed by atoms with Gasteiger partial charge in [0.2, 0.25) is 0 Å². The number of carbonyl (C=O) groups excluding carboxylic acids is 1. The fraction of sp³-hybridized carbons (Fsp3) is 0.400. The molecule has 2 aromatic rings. The first-order chi connectivity index (χ1) is 10.1. The third-order valence-electron chi connectivity index (χ3n) is 3.86. The fourth-order valence-corrected chi connectivity index (χ4v) is 2.70. The minimum absolute atomic E-state index is 0.0480. The number of nitrogens with zero attached hydrogens (tertiary/aromatic N) is 3. The van der Waals surface area contributed by atoms with Gasteiger partial charge in [-0.3, -0.25) is 9.69 Å². The predicted octanol–water partition coefficient (Wildman–Crippen LogP) is 1.16. The van der Waals surface area contributed by atoms with E-state index >= 15 is 0 Å². The summed E-state index contributed by atoms with van der Waals surface area (Å²) < 4.78 is 7.14. The number of anilines is 1. The number of rotatable bonds is 3. The number of hydrogen-bond acceptors (Lipinski definition) is 4. The molecular formula is C15H20N4O2. The van der Waals surface area contributed by atoms with Crippen molar-refractivity contribution in [1.82, 2.24) is 14.4 Å². The molecule has 0 aromatic carbocycles. The lowest BCUT2D eigenvalue weighted by atomic mass is 10.2. The van der Waals surface area contributed by atoms with E-state index in [0.717, 1.165) is 38.5 Å². The number of aromatic nitrogens is 1. The summed E-state index contributed by atoms with van der Waals surface area (Å²) in [4.78, 5) is 16.6. The van der Waals surface area contributed by atoms with Gasteiger partial charge in [0, 0.05) is 39.4 Å². The van der Waals surface area contributed by atoms with E-state index in [9.17, 15) is 4.79 Å². The molecule has 3 heterocycles. The van der Waals surface area contributed by atoms with Gasteiger partial charge < -0.3 is 19.6 Å². The van der Waals surface area contributed by atoms with Crippen molar-refractivity contribution in [1.29, 1.82) is 0 Å². The summed E-state index contributed by atoms with van der Waals surface area (Å²) in [6.45, 7) is 3.96. The number of nitrogen functional groups attached to an aromatic ring is 1. The molecule has 2 aromatic heterocycles. The summed E-state index contributed by atoms with van der Waals surface area (Å²) in [6, 6.07) is 5.61. The van der Waals surface area contributed by atoms with Crippen LogP contribution in [0.1, 0.15) is 16.2 Å². The Labute approximate surface area is 123 Å². The van der Waals surface area contributed by atoms with E-state index in [0.29, 0.717) is 11.4 Å². The Morgan fingerprint density at radius 1 is 1.33 bits per heavy atom. The molecule has 3 rings (SSSR count). The zero-order valence-electron chi connectivity index (χ0n) is 12.2. The van der Waals surface area contributed by atoms with E-state index in [1.165, 1.54) is 0 Å². The maximum Gasteiger partial charge on any atom is 0.270 e. The van der Waals surface area contributed by atoms with Crippen LogP contribution in [-0.2, 0) is 13.6 Å². The minimum Gasteiger partial charge on any atom is -0.468 e. The number of furan rings is 1. The van der Waals surface area contributed by atoms with Crippen LogP contribution in [0.3, 0.4) is 0 Å². The highest BCUT2D eigenvalue weighted by atomic mass is 16.3. The highest BCUT2D eigenvalue weighted by Crippen LogP contribution is 2.14. The van der Waals surface area contributed by atoms with Crippen molar-refractivity contribution in [2.24, 2.45) is 7.05 Å². The SMILES string of the molecule is Cn1cc(N)cc1C(=O)N1CCN(Cc2ccco2)CC1. The first-order valence-corrected chi connectivity index (χ1v) is 7.09. The number of piperazine rings is 1. The highest BCUT2D eigenvalue weighted by molar-refractivity contribution is 5.93. The van der Waals surface area contributed by atoms with Crippen molar-refractivity contribution in [2.45, 2.75) is 6.54 Å². The van der Waals surface area contributed by atoms with Crippen LogP contribution >= 0.6 is 0 Å². The number of carbonyl (C=O) groups is 1. The van der Waals surface area contributed by atoms with Crippen molar-refractivity contribution in [2.75, 3.05) is 31.9 Å². The molecule has 1 aliphatic rings. The Hall–Kier alpha value is -2.21. The molecule has 6 heteroatoms. The molecular weight excluding hydrogens is 268 g/mol. The van der Waals surface area contributed by atoms with Gasteiger partial charge in [0.1, 0.15) is 11.5 Å². The van der Waals surface area contributed by atoms with Gasteiger partial charge >= 0.3 is 0 Å². The summed E-state index contributed by atoms with van der Waals surface area (Å²) in [6.07, 6.45) is 3.45. The maximum absolute atomic E-state index is 12.5. The van der Waals surface area contributed by atoms with E-state index in [1.807, 2.05) is 24.1 Å². The molecule has 1 fully saturated rings. The summed E-state index contributed by atoms with van der Waals surface area (Å²) in [5, 5.41) is 0. The highest BCUT2D eigenvalue weighted by Gasteiger charge is 2.24. The minimum atomic E-state index is 0.0480. The molecule has 0 atom stereocenters. The molecule has 0 bridgehead atoms. The molecule has 0 spiro atoms. The maximum atomic E-state index is 12.5. The number of hydrogen-bond donors (Lipinski definition) is 1. The Balaban J connectivity index is 1.58. The third kappa shape index (κ3) is 2.95. The molecule has 0 saturated carbocycles. The zero-order valence-corrected chi connectivity index (χ0v) is 12.2. The van der Waals surface area contributed by atoms with E-state index in [-0.39, 0.29) is 5.91 Å². The van der Waals surface area contributed by atoms with Gasteiger partial charge in [-0.2, -0.15) is 0 Å². The second-order valence-corrected chi connectivity index (χ2v) is 5.42. The lowest BCUT2D eigenvalue weighted by Crippen LogP contribution is -2.48. The van der Waals surface area contributed by atoms with Crippen molar-refractivity contribution < 1.29 is 9.21 Å². The standard InChI is InChI=1S/C15H20N4O2/c1-17-10-12(16)9-14(17)15(20)19-6-4-18(5-7-19)11-13-3-2-8-21-13/h2-3,8-10H,4-7,11,16H2,1H3. The lowest BCUT2D eigenvalue weighted by Gasteiger charge is -2.34. The molecule has 21 heavy (non-hydrogen) atoms. The Kier molecular flexibility index (Phi) is 3.70. The quantitative estimate of drug-likeness (QED) is 0.920. The van der Waals surface area contributed by atoms with Gasteiger partial charge in [-0.1, -0.05) is 0 Å². The molecule has 0 radical (unpaired) electrons. The van der Waals surface area contributed by atoms with Crippen LogP contribution in [0.25, 0.3) is 0 Å². The molecule has 1 saturated heterocycles. The van der Waals surface area contributed by atoms with Crippen LogP contribution in [0, 0.1) is 0 Å². The van der Waals surface area contributed by atoms with Gasteiger partial charge in [-0.05, 0) is 18.2 Å². The normalized spacial score (nSPS) is 16.3. The van der Waals surface area contributed by atoms with E-state index in [4.69, 9.17) is 10.2 Å². The van der Waals surface area contributed by atoms with Crippen LogP contribution < -0.4 is 5.73 Å². The van der Waals surface area contributed by atoms with Gasteiger partial charge in [0.05, 0.1) is 18.5 Å². The lowest BCUT2D eigenvalue weighted by molar-refractivity contribution is 0.0611. The van der Waals surface area contributed by atoms with Crippen molar-refractivity contribution in [3.8, 4) is 0 Å². The molecule has 1 aliphatic heterocycles. The van der Waals surface area contributed by atoms with Crippen molar-refractivity contribution in [3.05, 3.63) is 42.1 Å². The van der Waals surface area contributed by atoms with E-state index in [2.05, 4.69) is 4.90 Å². The molecule has 1 amide bonds. The molecule has 112 valence electrons. The molecule has 0 unspecified atom stereocenters. The van der Waals surface area contributed by atoms with E-state index < -0.39 is 0 Å². The monoisotopic (exact) mass is 288 g/mol. The van der Waals surface area contributed by atoms with Gasteiger partial charge in [0.15, 0.2) is 0 Å². The number of aryl methyl sites for hydroxylation is 1. The second-order valence-electron chi connectivity index (χ2n) is 5.42. The smallest absolute Gasteiger partial charge is 0.270 e. The third-order valence-corrected chi connectivity index (χ3v) is 3.86. The second kappa shape index (κ2) is 5.65. The van der Waals surface area contributed by atoms with Gasteiger partial charge in [-0.25, -0.2) is 0 Å². The van der Waals surface area contributed by atoms with Crippen LogP contribution in [0.5, 0.6) is 0 Å². The Bertz CT molecular complexity index is 610. The summed E-state index contributed by atoms with van der Waals surface area (Å²) in [5.41, 5.74) is 7.00. The van der Waals surface area contributed by atoms with Crippen LogP contribution in [0.4, 0.5) is 5.69 Å². The first-order valence-electron chi connectivity index (χ1n) is 7.09. The Morgan fingerprint density at radius 2 is 2.10 bits per heavy atom. The van der Waals surface area contributed by atoms with Gasteiger partial charge in [0.25, 0.3) is 5.91 Å². The van der Waals surface area contributed by atoms with Crippen molar-refractivity contribution in [3.63, 3.8) is 0 Å². The van der Waals surface area contributed by atoms with Crippen LogP contribution in [0.15, 0.2) is 35.1 Å². The van der Waals surface area contributed by atoms with Crippen molar-refractivity contribution >= 4 is 11.6 Å². The predicted molar refractivity (Wildman–Crippen MR) is 79.7 cm³/mol. The van der Waals surface area contributed by atoms with Crippen LogP contribution in [-0.4, -0.2) is 46.5 Å². The Morgan fingerprint density at radius 3 is 2.67 bits per heavy atom. The number of nitrogens with two attached hydrogens (primary N) is 1.